The molecule has 0 radical (unpaired) electrons. The smallest absolute Gasteiger partial charge is 0.295 e. The number of ether oxygens (including phenoxy) is 1. The van der Waals surface area contributed by atoms with Crippen LogP contribution in [-0.2, 0) is 0 Å². The molecule has 4 rings (SSSR count). The number of carbonyl (C=O) groups excluding carboxylic acids is 1. The van der Waals surface area contributed by atoms with Crippen molar-refractivity contribution in [1.29, 1.82) is 0 Å². The van der Waals surface area contributed by atoms with Gasteiger partial charge in [0.1, 0.15) is 5.75 Å². The van der Waals surface area contributed by atoms with Crippen LogP contribution >= 0.6 is 23.2 Å². The number of amides is 1. The summed E-state index contributed by atoms with van der Waals surface area (Å²) in [6.45, 7) is 1.89. The van der Waals surface area contributed by atoms with Gasteiger partial charge < -0.3 is 10.1 Å². The minimum Gasteiger partial charge on any atom is -0.495 e. The van der Waals surface area contributed by atoms with Gasteiger partial charge in [-0.3, -0.25) is 4.79 Å². The van der Waals surface area contributed by atoms with Crippen LogP contribution in [0.15, 0.2) is 66.7 Å². The number of hydrogen-bond donors (Lipinski definition) is 1. The normalized spacial score (nSPS) is 10.7. The van der Waals surface area contributed by atoms with Crippen molar-refractivity contribution < 1.29 is 9.53 Å². The van der Waals surface area contributed by atoms with Crippen LogP contribution in [-0.4, -0.2) is 27.8 Å². The molecule has 31 heavy (non-hydrogen) atoms. The number of aromatic nitrogens is 3. The van der Waals surface area contributed by atoms with Gasteiger partial charge in [0.05, 0.1) is 18.5 Å². The van der Waals surface area contributed by atoms with Gasteiger partial charge in [0.15, 0.2) is 5.82 Å². The third-order valence-corrected chi connectivity index (χ3v) is 5.40. The van der Waals surface area contributed by atoms with Crippen LogP contribution in [0.4, 0.5) is 5.69 Å². The number of benzene rings is 3. The van der Waals surface area contributed by atoms with Gasteiger partial charge >= 0.3 is 0 Å². The first-order chi connectivity index (χ1) is 15.0. The van der Waals surface area contributed by atoms with Crippen molar-refractivity contribution in [3.05, 3.63) is 88.2 Å². The second-order valence-electron chi connectivity index (χ2n) is 6.72. The lowest BCUT2D eigenvalue weighted by Gasteiger charge is -2.10. The highest BCUT2D eigenvalue weighted by molar-refractivity contribution is 6.31. The number of para-hydroxylation sites is 2. The molecular formula is C23H18Cl2N4O2. The second-order valence-corrected chi connectivity index (χ2v) is 7.56. The molecule has 8 heteroatoms. The molecule has 0 bridgehead atoms. The Morgan fingerprint density at radius 3 is 2.48 bits per heavy atom. The molecular weight excluding hydrogens is 435 g/mol. The van der Waals surface area contributed by atoms with Crippen molar-refractivity contribution in [2.75, 3.05) is 12.4 Å². The van der Waals surface area contributed by atoms with Crippen molar-refractivity contribution in [3.63, 3.8) is 0 Å². The van der Waals surface area contributed by atoms with E-state index in [1.165, 1.54) is 0 Å². The molecule has 156 valence electrons. The first kappa shape index (κ1) is 20.9. The summed E-state index contributed by atoms with van der Waals surface area (Å²) in [5.41, 5.74) is 2.83. The van der Waals surface area contributed by atoms with Crippen LogP contribution in [0.25, 0.3) is 17.1 Å². The Labute approximate surface area is 189 Å². The fraction of sp³-hybridized carbons (Fsp3) is 0.0870. The molecule has 0 atom stereocenters. The molecule has 0 unspecified atom stereocenters. The summed E-state index contributed by atoms with van der Waals surface area (Å²) in [5, 5.41) is 8.49. The van der Waals surface area contributed by atoms with E-state index in [0.29, 0.717) is 27.3 Å². The lowest BCUT2D eigenvalue weighted by Crippen LogP contribution is -2.15. The molecule has 3 aromatic carbocycles. The molecule has 0 aliphatic rings. The number of hydrogen-bond acceptors (Lipinski definition) is 4. The molecule has 0 spiro atoms. The highest BCUT2D eigenvalue weighted by Gasteiger charge is 2.21. The quantitative estimate of drug-likeness (QED) is 0.414. The molecule has 1 N–H and O–H groups in total. The Morgan fingerprint density at radius 1 is 1.00 bits per heavy atom. The van der Waals surface area contributed by atoms with Crippen molar-refractivity contribution in [2.24, 2.45) is 0 Å². The van der Waals surface area contributed by atoms with Gasteiger partial charge in [0.2, 0.25) is 5.82 Å². The van der Waals surface area contributed by atoms with E-state index in [0.717, 1.165) is 16.8 Å². The maximum atomic E-state index is 13.0. The summed E-state index contributed by atoms with van der Waals surface area (Å²) in [7, 11) is 1.54. The predicted octanol–water partition coefficient (Wildman–Crippen LogP) is 5.81. The lowest BCUT2D eigenvalue weighted by atomic mass is 10.1. The van der Waals surface area contributed by atoms with Crippen LogP contribution in [0.5, 0.6) is 5.75 Å². The number of rotatable bonds is 5. The maximum Gasteiger partial charge on any atom is 0.295 e. The Bertz CT molecular complexity index is 1250. The Hall–Kier alpha value is -3.35. The summed E-state index contributed by atoms with van der Waals surface area (Å²) in [4.78, 5) is 17.5. The van der Waals surface area contributed by atoms with Gasteiger partial charge in [-0.25, -0.2) is 9.67 Å². The van der Waals surface area contributed by atoms with Crippen LogP contribution < -0.4 is 10.1 Å². The second kappa shape index (κ2) is 8.79. The minimum atomic E-state index is -0.460. The largest absolute Gasteiger partial charge is 0.495 e. The highest BCUT2D eigenvalue weighted by Crippen LogP contribution is 2.28. The van der Waals surface area contributed by atoms with E-state index in [1.807, 2.05) is 37.3 Å². The van der Waals surface area contributed by atoms with Crippen LogP contribution in [0.3, 0.4) is 0 Å². The average molecular weight is 453 g/mol. The molecule has 0 saturated carbocycles. The summed E-state index contributed by atoms with van der Waals surface area (Å²) in [5.74, 6) is 0.583. The topological polar surface area (TPSA) is 69.0 Å². The van der Waals surface area contributed by atoms with Gasteiger partial charge in [-0.2, -0.15) is 0 Å². The zero-order valence-corrected chi connectivity index (χ0v) is 18.3. The number of carbonyl (C=O) groups is 1. The molecule has 4 aromatic rings. The average Bonchev–Trinajstić information content (AvgIpc) is 3.22. The third kappa shape index (κ3) is 4.26. The highest BCUT2D eigenvalue weighted by atomic mass is 35.5. The van der Waals surface area contributed by atoms with E-state index in [4.69, 9.17) is 27.9 Å². The Balaban J connectivity index is 1.80. The van der Waals surface area contributed by atoms with Gasteiger partial charge in [0, 0.05) is 15.6 Å². The van der Waals surface area contributed by atoms with E-state index in [2.05, 4.69) is 15.4 Å². The molecule has 0 fully saturated rings. The maximum absolute atomic E-state index is 13.0. The summed E-state index contributed by atoms with van der Waals surface area (Å²) < 4.78 is 6.91. The van der Waals surface area contributed by atoms with Gasteiger partial charge in [-0.05, 0) is 61.0 Å². The van der Waals surface area contributed by atoms with Gasteiger partial charge in [0.25, 0.3) is 5.91 Å². The van der Waals surface area contributed by atoms with Crippen LogP contribution in [0, 0.1) is 6.92 Å². The number of halogens is 2. The fourth-order valence-corrected chi connectivity index (χ4v) is 3.41. The molecule has 1 aromatic heterocycles. The minimum absolute atomic E-state index is 0.00947. The van der Waals surface area contributed by atoms with E-state index in [-0.39, 0.29) is 5.82 Å². The van der Waals surface area contributed by atoms with E-state index in [1.54, 1.807) is 48.2 Å². The molecule has 6 nitrogen and oxygen atoms in total. The van der Waals surface area contributed by atoms with Crippen molar-refractivity contribution in [3.8, 4) is 22.8 Å². The molecule has 0 aliphatic heterocycles. The van der Waals surface area contributed by atoms with Gasteiger partial charge in [-0.1, -0.05) is 41.4 Å². The summed E-state index contributed by atoms with van der Waals surface area (Å²) >= 11 is 12.4. The molecule has 0 saturated heterocycles. The monoisotopic (exact) mass is 452 g/mol. The number of nitrogens with one attached hydrogen (secondary N) is 1. The van der Waals surface area contributed by atoms with E-state index >= 15 is 0 Å². The van der Waals surface area contributed by atoms with E-state index < -0.39 is 5.91 Å². The SMILES string of the molecule is COc1ccccc1NC(=O)c1nc(-c2ccc(Cl)cc2)n(-c2cccc(Cl)c2C)n1. The van der Waals surface area contributed by atoms with Crippen molar-refractivity contribution >= 4 is 34.8 Å². The Kier molecular flexibility index (Phi) is 5.93. The number of nitrogens with zero attached hydrogens (tertiary/aromatic N) is 3. The van der Waals surface area contributed by atoms with Crippen LogP contribution in [0.2, 0.25) is 10.0 Å². The van der Waals surface area contributed by atoms with Gasteiger partial charge in [-0.15, -0.1) is 5.10 Å². The standard InChI is InChI=1S/C23H18Cl2N4O2/c1-14-17(25)6-5-8-19(14)29-22(15-10-12-16(24)13-11-15)27-21(28-29)23(30)26-18-7-3-4-9-20(18)31-2/h3-13H,1-2H3,(H,26,30). The summed E-state index contributed by atoms with van der Waals surface area (Å²) in [6.07, 6.45) is 0. The van der Waals surface area contributed by atoms with E-state index in [9.17, 15) is 4.79 Å². The zero-order chi connectivity index (χ0) is 22.0. The fourth-order valence-electron chi connectivity index (χ4n) is 3.11. The summed E-state index contributed by atoms with van der Waals surface area (Å²) in [6, 6.07) is 19.8. The third-order valence-electron chi connectivity index (χ3n) is 4.74. The lowest BCUT2D eigenvalue weighted by molar-refractivity contribution is 0.101. The zero-order valence-electron chi connectivity index (χ0n) is 16.8. The van der Waals surface area contributed by atoms with Crippen molar-refractivity contribution in [2.45, 2.75) is 6.92 Å². The Morgan fingerprint density at radius 2 is 1.74 bits per heavy atom. The van der Waals surface area contributed by atoms with Crippen molar-refractivity contribution in [1.82, 2.24) is 14.8 Å². The first-order valence-corrected chi connectivity index (χ1v) is 10.2. The first-order valence-electron chi connectivity index (χ1n) is 9.41. The number of anilines is 1. The molecule has 1 heterocycles. The molecule has 0 aliphatic carbocycles. The predicted molar refractivity (Wildman–Crippen MR) is 122 cm³/mol. The van der Waals surface area contributed by atoms with Crippen LogP contribution in [0.1, 0.15) is 16.2 Å². The number of methoxy groups -OCH3 is 1. The molecule has 1 amide bonds.